The van der Waals surface area contributed by atoms with E-state index in [4.69, 9.17) is 11.6 Å². The molecule has 1 aromatic carbocycles. The molecule has 1 rings (SSSR count). The number of carboxylic acid groups (broad SMARTS) is 1. The van der Waals surface area contributed by atoms with E-state index in [9.17, 15) is 14.7 Å². The van der Waals surface area contributed by atoms with Crippen LogP contribution in [0.25, 0.3) is 0 Å². The maximum Gasteiger partial charge on any atom is 0.332 e. The van der Waals surface area contributed by atoms with Gasteiger partial charge in [-0.25, -0.2) is 9.59 Å². The van der Waals surface area contributed by atoms with E-state index in [-0.39, 0.29) is 12.3 Å². The molecule has 0 aliphatic carbocycles. The molecule has 2 N–H and O–H groups in total. The number of hydrogen-bond acceptors (Lipinski definition) is 4. The summed E-state index contributed by atoms with van der Waals surface area (Å²) in [7, 11) is 0. The summed E-state index contributed by atoms with van der Waals surface area (Å²) in [6, 6.07) is -4.74. The van der Waals surface area contributed by atoms with Crippen LogP contribution in [0, 0.1) is 0 Å². The van der Waals surface area contributed by atoms with Gasteiger partial charge in [-0.2, -0.15) is 0 Å². The Kier molecular flexibility index (Phi) is 3.31. The van der Waals surface area contributed by atoms with Crippen molar-refractivity contribution in [1.29, 1.82) is 0 Å². The Bertz CT molecular complexity index is 676. The van der Waals surface area contributed by atoms with Crippen LogP contribution in [-0.2, 0) is 14.3 Å². The standard InChI is InChI=1S/C14H17NO4/c1-3-19-12(16)9-10(2)15-13(14(17)18)11-7-5-4-6-8-11/h4-9,13,15H,3H2,1-2H3,(H,17,18)/b10-9+/i4D,5D,6D,7D,8D. The van der Waals surface area contributed by atoms with Crippen LogP contribution in [0.3, 0.4) is 0 Å². The zero-order valence-corrected chi connectivity index (χ0v) is 10.5. The summed E-state index contributed by atoms with van der Waals surface area (Å²) in [5, 5.41) is 11.8. The van der Waals surface area contributed by atoms with E-state index in [1.165, 1.54) is 6.92 Å². The molecule has 1 aromatic rings. The predicted molar refractivity (Wildman–Crippen MR) is 70.3 cm³/mol. The number of hydrogen-bond donors (Lipinski definition) is 2. The third-order valence-corrected chi connectivity index (χ3v) is 2.05. The molecule has 5 nitrogen and oxygen atoms in total. The number of carbonyl (C=O) groups excluding carboxylic acids is 1. The van der Waals surface area contributed by atoms with Crippen LogP contribution in [-0.4, -0.2) is 23.7 Å². The lowest BCUT2D eigenvalue weighted by Crippen LogP contribution is -2.27. The average Bonchev–Trinajstić information content (AvgIpc) is 2.50. The lowest BCUT2D eigenvalue weighted by Gasteiger charge is -2.16. The summed E-state index contributed by atoms with van der Waals surface area (Å²) in [5.41, 5.74) is -0.294. The fraction of sp³-hybridized carbons (Fsp3) is 0.286. The number of rotatable bonds is 6. The lowest BCUT2D eigenvalue weighted by molar-refractivity contribution is -0.140. The highest BCUT2D eigenvalue weighted by Gasteiger charge is 2.19. The summed E-state index contributed by atoms with van der Waals surface area (Å²) < 4.78 is 43.1. The van der Waals surface area contributed by atoms with Crippen LogP contribution in [0.5, 0.6) is 0 Å². The Labute approximate surface area is 118 Å². The Morgan fingerprint density at radius 3 is 2.63 bits per heavy atom. The number of carbonyl (C=O) groups is 2. The zero-order chi connectivity index (χ0) is 18.6. The first kappa shape index (κ1) is 8.74. The molecule has 0 aliphatic rings. The van der Waals surface area contributed by atoms with Crippen molar-refractivity contribution in [1.82, 2.24) is 5.32 Å². The first-order valence-electron chi connectivity index (χ1n) is 8.03. The van der Waals surface area contributed by atoms with E-state index >= 15 is 0 Å². The largest absolute Gasteiger partial charge is 0.479 e. The predicted octanol–water partition coefficient (Wildman–Crippen LogP) is 1.87. The van der Waals surface area contributed by atoms with Crippen molar-refractivity contribution >= 4 is 11.9 Å². The van der Waals surface area contributed by atoms with Crippen LogP contribution >= 0.6 is 0 Å². The van der Waals surface area contributed by atoms with Gasteiger partial charge in [-0.1, -0.05) is 30.2 Å². The lowest BCUT2D eigenvalue weighted by atomic mass is 10.1. The minimum Gasteiger partial charge on any atom is -0.479 e. The van der Waals surface area contributed by atoms with Crippen molar-refractivity contribution < 1.29 is 26.3 Å². The maximum atomic E-state index is 11.5. The quantitative estimate of drug-likeness (QED) is 0.608. The van der Waals surface area contributed by atoms with E-state index in [0.717, 1.165) is 6.08 Å². The number of aliphatic carboxylic acids is 1. The fourth-order valence-corrected chi connectivity index (χ4v) is 1.29. The normalized spacial score (nSPS) is 16.3. The number of benzene rings is 1. The molecule has 0 amide bonds. The molecule has 0 aromatic heterocycles. The first-order chi connectivity index (χ1) is 11.1. The van der Waals surface area contributed by atoms with Crippen LogP contribution < -0.4 is 5.32 Å². The van der Waals surface area contributed by atoms with Gasteiger partial charge in [0.2, 0.25) is 0 Å². The fourth-order valence-electron chi connectivity index (χ4n) is 1.29. The molecule has 1 unspecified atom stereocenters. The van der Waals surface area contributed by atoms with Gasteiger partial charge < -0.3 is 15.2 Å². The third-order valence-electron chi connectivity index (χ3n) is 2.05. The number of esters is 1. The second-order valence-electron chi connectivity index (χ2n) is 3.53. The molecule has 0 aliphatic heterocycles. The molecule has 0 bridgehead atoms. The second kappa shape index (κ2) is 7.20. The molecule has 5 heteroatoms. The Morgan fingerprint density at radius 2 is 2.11 bits per heavy atom. The van der Waals surface area contributed by atoms with Crippen LogP contribution in [0.15, 0.2) is 42.0 Å². The van der Waals surface area contributed by atoms with Gasteiger partial charge >= 0.3 is 11.9 Å². The van der Waals surface area contributed by atoms with E-state index in [2.05, 4.69) is 5.32 Å². The molecule has 1 atom stereocenters. The van der Waals surface area contributed by atoms with Crippen LogP contribution in [0.1, 0.15) is 32.3 Å². The highest BCUT2D eigenvalue weighted by Crippen LogP contribution is 2.14. The summed E-state index contributed by atoms with van der Waals surface area (Å²) in [4.78, 5) is 22.9. The van der Waals surface area contributed by atoms with Crippen molar-refractivity contribution in [2.24, 2.45) is 0 Å². The zero-order valence-electron chi connectivity index (χ0n) is 15.5. The van der Waals surface area contributed by atoms with Crippen LogP contribution in [0.4, 0.5) is 0 Å². The number of allylic oxidation sites excluding steroid dienone is 1. The van der Waals surface area contributed by atoms with E-state index < -0.39 is 53.8 Å². The summed E-state index contributed by atoms with van der Waals surface area (Å²) in [6.07, 6.45) is 1.02. The number of carboxylic acids is 1. The maximum absolute atomic E-state index is 11.5. The molecule has 0 radical (unpaired) electrons. The van der Waals surface area contributed by atoms with Crippen molar-refractivity contribution in [3.8, 4) is 0 Å². The molecular formula is C14H17NO4. The van der Waals surface area contributed by atoms with Crippen molar-refractivity contribution in [2.75, 3.05) is 6.61 Å². The number of ether oxygens (including phenoxy) is 1. The van der Waals surface area contributed by atoms with Crippen LogP contribution in [0.2, 0.25) is 0 Å². The van der Waals surface area contributed by atoms with Gasteiger partial charge in [-0.05, 0) is 19.4 Å². The minimum atomic E-state index is -1.62. The topological polar surface area (TPSA) is 75.6 Å². The Morgan fingerprint density at radius 1 is 1.47 bits per heavy atom. The third kappa shape index (κ3) is 4.83. The van der Waals surface area contributed by atoms with Gasteiger partial charge in [0.25, 0.3) is 0 Å². The molecule has 0 spiro atoms. The Hall–Kier alpha value is -2.30. The van der Waals surface area contributed by atoms with Gasteiger partial charge in [-0.15, -0.1) is 0 Å². The molecule has 0 saturated heterocycles. The van der Waals surface area contributed by atoms with E-state index in [1.54, 1.807) is 6.92 Å². The first-order valence-corrected chi connectivity index (χ1v) is 5.53. The van der Waals surface area contributed by atoms with Gasteiger partial charge in [0.05, 0.1) is 13.5 Å². The summed E-state index contributed by atoms with van der Waals surface area (Å²) >= 11 is 0. The molecule has 0 fully saturated rings. The highest BCUT2D eigenvalue weighted by molar-refractivity contribution is 5.83. The van der Waals surface area contributed by atoms with Crippen molar-refractivity contribution in [2.45, 2.75) is 19.9 Å². The molecule has 0 heterocycles. The highest BCUT2D eigenvalue weighted by atomic mass is 16.5. The minimum absolute atomic E-state index is 0.118. The van der Waals surface area contributed by atoms with Gasteiger partial charge in [-0.3, -0.25) is 0 Å². The molecule has 102 valence electrons. The van der Waals surface area contributed by atoms with E-state index in [0.29, 0.717) is 0 Å². The SMILES string of the molecule is [2H]c1c([2H])c([2H])c(C(N/C(C)=C/C(=O)OCC)C(=O)O)c([2H])c1[2H]. The van der Waals surface area contributed by atoms with E-state index in [1.807, 2.05) is 0 Å². The summed E-state index contributed by atoms with van der Waals surface area (Å²) in [6.45, 7) is 3.16. The van der Waals surface area contributed by atoms with Gasteiger partial charge in [0, 0.05) is 11.8 Å². The average molecular weight is 268 g/mol. The van der Waals surface area contributed by atoms with Gasteiger partial charge in [0.1, 0.15) is 6.04 Å². The summed E-state index contributed by atoms with van der Waals surface area (Å²) in [5.74, 6) is -2.14. The Balaban J connectivity index is 3.34. The van der Waals surface area contributed by atoms with Crippen molar-refractivity contribution in [3.05, 3.63) is 47.5 Å². The molecule has 0 saturated carbocycles. The van der Waals surface area contributed by atoms with Gasteiger partial charge in [0.15, 0.2) is 0 Å². The molecule has 19 heavy (non-hydrogen) atoms. The second-order valence-corrected chi connectivity index (χ2v) is 3.53. The number of nitrogens with one attached hydrogen (secondary N) is 1. The molecular weight excluding hydrogens is 246 g/mol. The smallest absolute Gasteiger partial charge is 0.332 e. The van der Waals surface area contributed by atoms with Crippen molar-refractivity contribution in [3.63, 3.8) is 0 Å². The monoisotopic (exact) mass is 268 g/mol.